The fourth-order valence-electron chi connectivity index (χ4n) is 1.17. The number of aliphatic carboxylic acids is 1. The predicted molar refractivity (Wildman–Crippen MR) is 48.2 cm³/mol. The van der Waals surface area contributed by atoms with Crippen LogP contribution in [0.25, 0.3) is 0 Å². The van der Waals surface area contributed by atoms with E-state index < -0.39 is 5.97 Å². The highest BCUT2D eigenvalue weighted by Crippen LogP contribution is 2.25. The summed E-state index contributed by atoms with van der Waals surface area (Å²) >= 11 is 0. The lowest BCUT2D eigenvalue weighted by Crippen LogP contribution is -2.16. The number of rotatable bonds is 4. The van der Waals surface area contributed by atoms with Gasteiger partial charge in [-0.1, -0.05) is 27.2 Å². The van der Waals surface area contributed by atoms with Crippen molar-refractivity contribution in [1.29, 1.82) is 0 Å². The van der Waals surface area contributed by atoms with Gasteiger partial charge in [0.05, 0.1) is 6.42 Å². The monoisotopic (exact) mass is 180 g/mol. The second-order valence-corrected chi connectivity index (χ2v) is 3.48. The Hall–Kier alpha value is -0.240. The molecule has 0 fully saturated rings. The van der Waals surface area contributed by atoms with Gasteiger partial charge in [-0.2, -0.15) is 0 Å². The van der Waals surface area contributed by atoms with Gasteiger partial charge < -0.3 is 5.11 Å². The molecule has 0 aliphatic rings. The van der Waals surface area contributed by atoms with Crippen LogP contribution in [0, 0.1) is 5.41 Å². The molecule has 1 N–H and O–H groups in total. The highest BCUT2D eigenvalue weighted by atomic mass is 35.5. The topological polar surface area (TPSA) is 37.3 Å². The maximum absolute atomic E-state index is 10.3. The van der Waals surface area contributed by atoms with Crippen LogP contribution in [0.1, 0.15) is 40.0 Å². The van der Waals surface area contributed by atoms with E-state index in [2.05, 4.69) is 6.92 Å². The van der Waals surface area contributed by atoms with Crippen LogP contribution in [0.5, 0.6) is 0 Å². The third-order valence-electron chi connectivity index (χ3n) is 1.56. The molecular formula is C8H17ClO2. The first-order valence-corrected chi connectivity index (χ1v) is 3.70. The lowest BCUT2D eigenvalue weighted by Gasteiger charge is -2.20. The van der Waals surface area contributed by atoms with Crippen molar-refractivity contribution in [2.24, 2.45) is 5.41 Å². The molecule has 0 rings (SSSR count). The quantitative estimate of drug-likeness (QED) is 0.723. The maximum atomic E-state index is 10.3. The zero-order chi connectivity index (χ0) is 8.20. The second-order valence-electron chi connectivity index (χ2n) is 3.48. The van der Waals surface area contributed by atoms with Gasteiger partial charge >= 0.3 is 5.97 Å². The molecule has 0 saturated heterocycles. The molecule has 0 heterocycles. The molecule has 0 radical (unpaired) electrons. The highest BCUT2D eigenvalue weighted by Gasteiger charge is 2.19. The molecule has 68 valence electrons. The minimum absolute atomic E-state index is 0. The summed E-state index contributed by atoms with van der Waals surface area (Å²) < 4.78 is 0. The van der Waals surface area contributed by atoms with Gasteiger partial charge in [-0.25, -0.2) is 0 Å². The van der Waals surface area contributed by atoms with Crippen LogP contribution in [-0.4, -0.2) is 11.1 Å². The Kier molecular flexibility index (Phi) is 6.58. The zero-order valence-electron chi connectivity index (χ0n) is 7.39. The SMILES string of the molecule is CCCC(C)(C)CC(=O)O.Cl. The third kappa shape index (κ3) is 7.66. The third-order valence-corrected chi connectivity index (χ3v) is 1.56. The fourth-order valence-corrected chi connectivity index (χ4v) is 1.17. The molecule has 0 spiro atoms. The molecule has 0 aromatic heterocycles. The van der Waals surface area contributed by atoms with Crippen LogP contribution in [0.4, 0.5) is 0 Å². The van der Waals surface area contributed by atoms with Crippen LogP contribution < -0.4 is 0 Å². The van der Waals surface area contributed by atoms with E-state index in [1.807, 2.05) is 13.8 Å². The largest absolute Gasteiger partial charge is 0.481 e. The average molecular weight is 181 g/mol. The Bertz CT molecular complexity index is 121. The standard InChI is InChI=1S/C8H16O2.ClH/c1-4-5-8(2,3)6-7(9)10;/h4-6H2,1-3H3,(H,9,10);1H. The fraction of sp³-hybridized carbons (Fsp3) is 0.875. The number of carbonyl (C=O) groups is 1. The Morgan fingerprint density at radius 2 is 1.91 bits per heavy atom. The molecule has 0 aromatic carbocycles. The van der Waals surface area contributed by atoms with Gasteiger partial charge in [0, 0.05) is 0 Å². The van der Waals surface area contributed by atoms with Crippen LogP contribution in [0.2, 0.25) is 0 Å². The van der Waals surface area contributed by atoms with Crippen molar-refractivity contribution in [1.82, 2.24) is 0 Å². The first-order chi connectivity index (χ1) is 4.48. The summed E-state index contributed by atoms with van der Waals surface area (Å²) in [5.74, 6) is -0.696. The van der Waals surface area contributed by atoms with E-state index in [4.69, 9.17) is 5.11 Å². The zero-order valence-corrected chi connectivity index (χ0v) is 8.20. The Morgan fingerprint density at radius 1 is 1.45 bits per heavy atom. The molecule has 0 aromatic rings. The van der Waals surface area contributed by atoms with Crippen molar-refractivity contribution in [3.8, 4) is 0 Å². The van der Waals surface area contributed by atoms with E-state index >= 15 is 0 Å². The van der Waals surface area contributed by atoms with Crippen LogP contribution in [-0.2, 0) is 4.79 Å². The Balaban J connectivity index is 0. The van der Waals surface area contributed by atoms with Crippen molar-refractivity contribution in [2.45, 2.75) is 40.0 Å². The molecule has 0 bridgehead atoms. The molecule has 0 unspecified atom stereocenters. The maximum Gasteiger partial charge on any atom is 0.303 e. The van der Waals surface area contributed by atoms with Crippen molar-refractivity contribution in [2.75, 3.05) is 0 Å². The molecule has 0 aliphatic carbocycles. The van der Waals surface area contributed by atoms with Gasteiger partial charge in [0.2, 0.25) is 0 Å². The summed E-state index contributed by atoms with van der Waals surface area (Å²) in [5.41, 5.74) is -0.0272. The molecule has 3 heteroatoms. The molecule has 0 atom stereocenters. The van der Waals surface area contributed by atoms with Crippen molar-refractivity contribution >= 4 is 18.4 Å². The summed E-state index contributed by atoms with van der Waals surface area (Å²) in [5, 5.41) is 8.48. The van der Waals surface area contributed by atoms with E-state index in [9.17, 15) is 4.79 Å². The minimum atomic E-state index is -0.696. The van der Waals surface area contributed by atoms with E-state index in [1.54, 1.807) is 0 Å². The molecular weight excluding hydrogens is 164 g/mol. The van der Waals surface area contributed by atoms with Crippen LogP contribution in [0.15, 0.2) is 0 Å². The summed E-state index contributed by atoms with van der Waals surface area (Å²) in [7, 11) is 0. The number of halogens is 1. The molecule has 2 nitrogen and oxygen atoms in total. The number of carboxylic acids is 1. The Morgan fingerprint density at radius 3 is 2.18 bits per heavy atom. The van der Waals surface area contributed by atoms with Gasteiger partial charge in [-0.3, -0.25) is 4.79 Å². The molecule has 11 heavy (non-hydrogen) atoms. The first-order valence-electron chi connectivity index (χ1n) is 3.70. The molecule has 0 aliphatic heterocycles. The van der Waals surface area contributed by atoms with Gasteiger partial charge in [0.15, 0.2) is 0 Å². The predicted octanol–water partition coefficient (Wildman–Crippen LogP) is 2.71. The van der Waals surface area contributed by atoms with E-state index in [0.29, 0.717) is 0 Å². The summed E-state index contributed by atoms with van der Waals surface area (Å²) in [6, 6.07) is 0. The smallest absolute Gasteiger partial charge is 0.303 e. The normalized spacial score (nSPS) is 10.5. The van der Waals surface area contributed by atoms with E-state index in [0.717, 1.165) is 12.8 Å². The number of carboxylic acid groups (broad SMARTS) is 1. The Labute approximate surface area is 74.4 Å². The lowest BCUT2D eigenvalue weighted by atomic mass is 9.85. The average Bonchev–Trinajstić information content (AvgIpc) is 1.59. The van der Waals surface area contributed by atoms with Gasteiger partial charge in [-0.15, -0.1) is 12.4 Å². The second kappa shape index (κ2) is 5.42. The minimum Gasteiger partial charge on any atom is -0.481 e. The number of hydrogen-bond acceptors (Lipinski definition) is 1. The summed E-state index contributed by atoms with van der Waals surface area (Å²) in [4.78, 5) is 10.3. The van der Waals surface area contributed by atoms with Crippen molar-refractivity contribution in [3.63, 3.8) is 0 Å². The number of hydrogen-bond donors (Lipinski definition) is 1. The van der Waals surface area contributed by atoms with E-state index in [1.165, 1.54) is 0 Å². The molecule has 0 amide bonds. The summed E-state index contributed by atoms with van der Waals surface area (Å²) in [6.45, 7) is 6.05. The van der Waals surface area contributed by atoms with Gasteiger partial charge in [0.25, 0.3) is 0 Å². The lowest BCUT2D eigenvalue weighted by molar-refractivity contribution is -0.139. The van der Waals surface area contributed by atoms with Gasteiger partial charge in [0.1, 0.15) is 0 Å². The van der Waals surface area contributed by atoms with Crippen molar-refractivity contribution < 1.29 is 9.90 Å². The van der Waals surface area contributed by atoms with Gasteiger partial charge in [-0.05, 0) is 11.8 Å². The van der Waals surface area contributed by atoms with Crippen molar-refractivity contribution in [3.05, 3.63) is 0 Å². The summed E-state index contributed by atoms with van der Waals surface area (Å²) in [6.07, 6.45) is 2.32. The van der Waals surface area contributed by atoms with E-state index in [-0.39, 0.29) is 24.2 Å². The van der Waals surface area contributed by atoms with Crippen LogP contribution in [0.3, 0.4) is 0 Å². The van der Waals surface area contributed by atoms with Crippen LogP contribution >= 0.6 is 12.4 Å². The first kappa shape index (κ1) is 13.4. The molecule has 0 saturated carbocycles. The highest BCUT2D eigenvalue weighted by molar-refractivity contribution is 5.85.